The minimum atomic E-state index is -0.0825. The van der Waals surface area contributed by atoms with Crippen LogP contribution in [0.3, 0.4) is 0 Å². The Kier molecular flexibility index (Phi) is 6.68. The minimum absolute atomic E-state index is 0.0825. The maximum Gasteiger partial charge on any atom is 0.226 e. The third-order valence-corrected chi connectivity index (χ3v) is 5.46. The third kappa shape index (κ3) is 5.37. The van der Waals surface area contributed by atoms with E-state index in [9.17, 15) is 4.79 Å². The van der Waals surface area contributed by atoms with Crippen molar-refractivity contribution in [3.05, 3.63) is 28.3 Å². The largest absolute Gasteiger partial charge is 0.494 e. The standard InChI is InChI=1S/C15H18ClN3O2S2/c1-9-7-11(8-10(2)13(9)16)21-6-4-5-12(20)17-14-18-19-15(22-3)23-14/h7-8H,4-6H2,1-3H3,(H,17,18,20). The zero-order valence-electron chi connectivity index (χ0n) is 13.2. The van der Waals surface area contributed by atoms with Crippen LogP contribution in [0.1, 0.15) is 24.0 Å². The van der Waals surface area contributed by atoms with Gasteiger partial charge < -0.3 is 10.1 Å². The molecule has 0 fully saturated rings. The number of thioether (sulfide) groups is 1. The molecule has 0 aliphatic carbocycles. The van der Waals surface area contributed by atoms with Crippen molar-refractivity contribution in [2.45, 2.75) is 31.0 Å². The van der Waals surface area contributed by atoms with E-state index < -0.39 is 0 Å². The number of benzene rings is 1. The lowest BCUT2D eigenvalue weighted by molar-refractivity contribution is -0.116. The molecule has 0 spiro atoms. The fourth-order valence-electron chi connectivity index (χ4n) is 1.94. The average molecular weight is 372 g/mol. The van der Waals surface area contributed by atoms with Gasteiger partial charge in [0.1, 0.15) is 5.75 Å². The van der Waals surface area contributed by atoms with Gasteiger partial charge in [0.15, 0.2) is 4.34 Å². The number of hydrogen-bond donors (Lipinski definition) is 1. The van der Waals surface area contributed by atoms with Crippen molar-refractivity contribution in [1.29, 1.82) is 0 Å². The molecule has 1 heterocycles. The number of anilines is 1. The van der Waals surface area contributed by atoms with Crippen LogP contribution in [0.15, 0.2) is 16.5 Å². The topological polar surface area (TPSA) is 64.1 Å². The maximum absolute atomic E-state index is 11.8. The Bertz CT molecular complexity index is 668. The van der Waals surface area contributed by atoms with Crippen molar-refractivity contribution in [3.63, 3.8) is 0 Å². The molecule has 0 saturated heterocycles. The molecule has 0 saturated carbocycles. The number of nitrogens with zero attached hydrogens (tertiary/aromatic N) is 2. The first kappa shape index (κ1) is 18.0. The summed E-state index contributed by atoms with van der Waals surface area (Å²) in [6, 6.07) is 3.81. The van der Waals surface area contributed by atoms with Crippen LogP contribution in [-0.2, 0) is 4.79 Å². The molecule has 0 unspecified atom stereocenters. The van der Waals surface area contributed by atoms with Gasteiger partial charge in [-0.25, -0.2) is 0 Å². The van der Waals surface area contributed by atoms with Crippen LogP contribution in [0.2, 0.25) is 5.02 Å². The number of rotatable bonds is 7. The van der Waals surface area contributed by atoms with E-state index in [0.717, 1.165) is 26.2 Å². The van der Waals surface area contributed by atoms with Crippen molar-refractivity contribution >= 4 is 45.7 Å². The van der Waals surface area contributed by atoms with Crippen molar-refractivity contribution in [2.24, 2.45) is 0 Å². The molecule has 2 rings (SSSR count). The summed E-state index contributed by atoms with van der Waals surface area (Å²) in [5, 5.41) is 11.9. The van der Waals surface area contributed by atoms with Gasteiger partial charge in [0.05, 0.1) is 6.61 Å². The van der Waals surface area contributed by atoms with Crippen LogP contribution >= 0.6 is 34.7 Å². The molecule has 124 valence electrons. The predicted molar refractivity (Wildman–Crippen MR) is 96.0 cm³/mol. The summed E-state index contributed by atoms with van der Waals surface area (Å²) in [5.41, 5.74) is 1.97. The number of nitrogens with one attached hydrogen (secondary N) is 1. The lowest BCUT2D eigenvalue weighted by Crippen LogP contribution is -2.12. The first-order chi connectivity index (χ1) is 11.0. The Hall–Kier alpha value is -1.31. The van der Waals surface area contributed by atoms with Crippen molar-refractivity contribution in [2.75, 3.05) is 18.2 Å². The Morgan fingerprint density at radius 3 is 2.65 bits per heavy atom. The van der Waals surface area contributed by atoms with Gasteiger partial charge in [-0.2, -0.15) is 0 Å². The molecule has 1 N–H and O–H groups in total. The highest BCUT2D eigenvalue weighted by atomic mass is 35.5. The number of amides is 1. The molecular formula is C15H18ClN3O2S2. The quantitative estimate of drug-likeness (QED) is 0.446. The third-order valence-electron chi connectivity index (χ3n) is 3.05. The lowest BCUT2D eigenvalue weighted by Gasteiger charge is -2.09. The summed E-state index contributed by atoms with van der Waals surface area (Å²) in [7, 11) is 0. The fourth-order valence-corrected chi connectivity index (χ4v) is 3.23. The van der Waals surface area contributed by atoms with Gasteiger partial charge in [0.25, 0.3) is 0 Å². The SMILES string of the molecule is CSc1nnc(NC(=O)CCCOc2cc(C)c(Cl)c(C)c2)s1. The first-order valence-electron chi connectivity index (χ1n) is 7.06. The van der Waals surface area contributed by atoms with Crippen molar-refractivity contribution in [1.82, 2.24) is 10.2 Å². The molecule has 0 aliphatic heterocycles. The molecule has 1 aromatic heterocycles. The van der Waals surface area contributed by atoms with E-state index in [4.69, 9.17) is 16.3 Å². The van der Waals surface area contributed by atoms with Gasteiger partial charge in [-0.3, -0.25) is 4.79 Å². The second kappa shape index (κ2) is 8.52. The molecule has 0 radical (unpaired) electrons. The van der Waals surface area contributed by atoms with Crippen LogP contribution in [0.5, 0.6) is 5.75 Å². The Morgan fingerprint density at radius 1 is 1.35 bits per heavy atom. The van der Waals surface area contributed by atoms with Gasteiger partial charge in [0, 0.05) is 11.4 Å². The smallest absolute Gasteiger partial charge is 0.226 e. The molecular weight excluding hydrogens is 354 g/mol. The van der Waals surface area contributed by atoms with Crippen LogP contribution in [-0.4, -0.2) is 29.0 Å². The highest BCUT2D eigenvalue weighted by molar-refractivity contribution is 8.00. The molecule has 1 amide bonds. The molecule has 5 nitrogen and oxygen atoms in total. The van der Waals surface area contributed by atoms with E-state index in [2.05, 4.69) is 15.5 Å². The summed E-state index contributed by atoms with van der Waals surface area (Å²) in [6.07, 6.45) is 2.92. The Labute approximate surface area is 148 Å². The summed E-state index contributed by atoms with van der Waals surface area (Å²) < 4.78 is 6.51. The van der Waals surface area contributed by atoms with Gasteiger partial charge in [-0.15, -0.1) is 10.2 Å². The number of ether oxygens (including phenoxy) is 1. The number of halogens is 1. The summed E-state index contributed by atoms with van der Waals surface area (Å²) >= 11 is 8.99. The van der Waals surface area contributed by atoms with Gasteiger partial charge in [-0.1, -0.05) is 34.7 Å². The van der Waals surface area contributed by atoms with Crippen LogP contribution in [0, 0.1) is 13.8 Å². The molecule has 8 heteroatoms. The van der Waals surface area contributed by atoms with Crippen LogP contribution in [0.25, 0.3) is 0 Å². The highest BCUT2D eigenvalue weighted by Gasteiger charge is 2.08. The molecule has 23 heavy (non-hydrogen) atoms. The zero-order chi connectivity index (χ0) is 16.8. The second-order valence-electron chi connectivity index (χ2n) is 4.95. The number of carbonyl (C=O) groups is 1. The first-order valence-corrected chi connectivity index (χ1v) is 9.48. The van der Waals surface area contributed by atoms with E-state index in [1.807, 2.05) is 32.2 Å². The fraction of sp³-hybridized carbons (Fsp3) is 0.400. The second-order valence-corrected chi connectivity index (χ2v) is 7.36. The molecule has 0 bridgehead atoms. The van der Waals surface area contributed by atoms with E-state index in [1.165, 1.54) is 23.1 Å². The molecule has 0 atom stereocenters. The summed E-state index contributed by atoms with van der Waals surface area (Å²) in [4.78, 5) is 11.8. The Balaban J connectivity index is 1.73. The number of carbonyl (C=O) groups excluding carboxylic acids is 1. The summed E-state index contributed by atoms with van der Waals surface area (Å²) in [5.74, 6) is 0.694. The monoisotopic (exact) mass is 371 g/mol. The van der Waals surface area contributed by atoms with Crippen molar-refractivity contribution < 1.29 is 9.53 Å². The Morgan fingerprint density at radius 2 is 2.04 bits per heavy atom. The van der Waals surface area contributed by atoms with Crippen molar-refractivity contribution in [3.8, 4) is 5.75 Å². The summed E-state index contributed by atoms with van der Waals surface area (Å²) in [6.45, 7) is 4.36. The minimum Gasteiger partial charge on any atom is -0.494 e. The van der Waals surface area contributed by atoms with Crippen LogP contribution < -0.4 is 10.1 Å². The maximum atomic E-state index is 11.8. The van der Waals surface area contributed by atoms with E-state index in [1.54, 1.807) is 0 Å². The average Bonchev–Trinajstić information content (AvgIpc) is 2.96. The number of aryl methyl sites for hydroxylation is 2. The molecule has 2 aromatic rings. The molecule has 1 aromatic carbocycles. The van der Waals surface area contributed by atoms with E-state index in [0.29, 0.717) is 24.6 Å². The zero-order valence-corrected chi connectivity index (χ0v) is 15.6. The highest BCUT2D eigenvalue weighted by Crippen LogP contribution is 2.26. The van der Waals surface area contributed by atoms with E-state index >= 15 is 0 Å². The van der Waals surface area contributed by atoms with Gasteiger partial charge in [-0.05, 0) is 49.8 Å². The van der Waals surface area contributed by atoms with Gasteiger partial charge >= 0.3 is 0 Å². The van der Waals surface area contributed by atoms with Gasteiger partial charge in [0.2, 0.25) is 11.0 Å². The number of hydrogen-bond acceptors (Lipinski definition) is 6. The van der Waals surface area contributed by atoms with Crippen LogP contribution in [0.4, 0.5) is 5.13 Å². The normalized spacial score (nSPS) is 10.6. The molecule has 0 aliphatic rings. The predicted octanol–water partition coefficient (Wildman–Crippen LogP) is 4.33. The lowest BCUT2D eigenvalue weighted by atomic mass is 10.1. The number of aromatic nitrogens is 2. The van der Waals surface area contributed by atoms with E-state index in [-0.39, 0.29) is 5.91 Å².